The van der Waals surface area contributed by atoms with Gasteiger partial charge in [0.2, 0.25) is 5.91 Å². The number of rotatable bonds is 6. The van der Waals surface area contributed by atoms with E-state index in [1.54, 1.807) is 22.9 Å². The van der Waals surface area contributed by atoms with Gasteiger partial charge in [0.15, 0.2) is 0 Å². The number of aromatic nitrogens is 3. The number of amides is 1. The molecule has 1 N–H and O–H groups in total. The monoisotopic (exact) mass is 497 g/mol. The summed E-state index contributed by atoms with van der Waals surface area (Å²) in [5, 5.41) is 7.47. The molecule has 11 nitrogen and oxygen atoms in total. The predicted octanol–water partition coefficient (Wildman–Crippen LogP) is 0.831. The Balaban J connectivity index is 1.33. The van der Waals surface area contributed by atoms with Crippen molar-refractivity contribution in [2.75, 3.05) is 51.1 Å². The van der Waals surface area contributed by atoms with Gasteiger partial charge in [0.25, 0.3) is 10.2 Å². The Hall–Kier alpha value is -2.09. The van der Waals surface area contributed by atoms with Crippen molar-refractivity contribution >= 4 is 33.4 Å². The highest BCUT2D eigenvalue weighted by Crippen LogP contribution is 2.24. The van der Waals surface area contributed by atoms with Crippen LogP contribution < -0.4 is 5.32 Å². The first-order valence-electron chi connectivity index (χ1n) is 10.8. The van der Waals surface area contributed by atoms with Gasteiger partial charge in [0.1, 0.15) is 12.7 Å². The van der Waals surface area contributed by atoms with Crippen molar-refractivity contribution in [3.8, 4) is 5.69 Å². The van der Waals surface area contributed by atoms with Gasteiger partial charge in [-0.05, 0) is 32.0 Å². The SMILES string of the molecule is CC1CN(S(=O)(=O)N2CCN(CC(=O)Nc3cc(Cl)ccc3-n3cncn3)CC2)CC(C)O1. The minimum atomic E-state index is -3.56. The van der Waals surface area contributed by atoms with Crippen molar-refractivity contribution in [2.24, 2.45) is 0 Å². The Morgan fingerprint density at radius 2 is 1.85 bits per heavy atom. The lowest BCUT2D eigenvalue weighted by Gasteiger charge is -2.40. The number of hydrogen-bond acceptors (Lipinski definition) is 7. The summed E-state index contributed by atoms with van der Waals surface area (Å²) in [6.07, 6.45) is 2.67. The minimum absolute atomic E-state index is 0.137. The topological polar surface area (TPSA) is 113 Å². The fourth-order valence-electron chi connectivity index (χ4n) is 4.13. The summed E-state index contributed by atoms with van der Waals surface area (Å²) in [5.41, 5.74) is 1.17. The maximum absolute atomic E-state index is 13.1. The summed E-state index contributed by atoms with van der Waals surface area (Å²) in [6.45, 7) is 6.19. The molecule has 1 aromatic heterocycles. The van der Waals surface area contributed by atoms with Crippen LogP contribution in [0.15, 0.2) is 30.9 Å². The van der Waals surface area contributed by atoms with Crippen LogP contribution in [0.1, 0.15) is 13.8 Å². The van der Waals surface area contributed by atoms with E-state index in [0.717, 1.165) is 0 Å². The normalized spacial score (nSPS) is 23.5. The van der Waals surface area contributed by atoms with E-state index in [0.29, 0.717) is 55.7 Å². The number of piperazine rings is 1. The van der Waals surface area contributed by atoms with Crippen molar-refractivity contribution in [3.05, 3.63) is 35.9 Å². The van der Waals surface area contributed by atoms with Crippen molar-refractivity contribution < 1.29 is 17.9 Å². The third kappa shape index (κ3) is 5.70. The van der Waals surface area contributed by atoms with Gasteiger partial charge in [0, 0.05) is 44.3 Å². The van der Waals surface area contributed by atoms with Gasteiger partial charge in [0.05, 0.1) is 30.1 Å². The Morgan fingerprint density at radius 3 is 2.48 bits per heavy atom. The molecule has 0 saturated carbocycles. The molecule has 0 radical (unpaired) electrons. The third-order valence-electron chi connectivity index (χ3n) is 5.64. The number of hydrogen-bond donors (Lipinski definition) is 1. The molecule has 33 heavy (non-hydrogen) atoms. The lowest BCUT2D eigenvalue weighted by molar-refractivity contribution is -0.117. The van der Waals surface area contributed by atoms with E-state index in [9.17, 15) is 13.2 Å². The van der Waals surface area contributed by atoms with Crippen LogP contribution in [0.5, 0.6) is 0 Å². The number of halogens is 1. The van der Waals surface area contributed by atoms with Crippen LogP contribution in [-0.4, -0.2) is 101 Å². The first-order chi connectivity index (χ1) is 15.7. The Morgan fingerprint density at radius 1 is 1.15 bits per heavy atom. The number of anilines is 1. The van der Waals surface area contributed by atoms with Gasteiger partial charge >= 0.3 is 0 Å². The molecule has 13 heteroatoms. The highest BCUT2D eigenvalue weighted by Gasteiger charge is 2.36. The number of benzene rings is 1. The van der Waals surface area contributed by atoms with Gasteiger partial charge in [-0.1, -0.05) is 11.6 Å². The van der Waals surface area contributed by atoms with Crippen LogP contribution in [0, 0.1) is 0 Å². The summed E-state index contributed by atoms with van der Waals surface area (Å²) in [6, 6.07) is 5.12. The molecule has 0 spiro atoms. The highest BCUT2D eigenvalue weighted by atomic mass is 35.5. The third-order valence-corrected chi connectivity index (χ3v) is 7.84. The number of carbonyl (C=O) groups excluding carboxylic acids is 1. The number of morpholine rings is 1. The number of carbonyl (C=O) groups is 1. The largest absolute Gasteiger partial charge is 0.373 e. The van der Waals surface area contributed by atoms with Gasteiger partial charge in [-0.3, -0.25) is 9.69 Å². The number of nitrogens with zero attached hydrogens (tertiary/aromatic N) is 6. The van der Waals surface area contributed by atoms with Crippen molar-refractivity contribution in [3.63, 3.8) is 0 Å². The van der Waals surface area contributed by atoms with E-state index in [2.05, 4.69) is 15.4 Å². The summed E-state index contributed by atoms with van der Waals surface area (Å²) in [5.74, 6) is -0.217. The second kappa shape index (κ2) is 10.0. The Bertz CT molecular complexity index is 1060. The summed E-state index contributed by atoms with van der Waals surface area (Å²) in [4.78, 5) is 18.6. The zero-order valence-corrected chi connectivity index (χ0v) is 20.2. The molecule has 4 rings (SSSR count). The zero-order chi connectivity index (χ0) is 23.6. The molecule has 0 bridgehead atoms. The molecule has 2 aromatic rings. The zero-order valence-electron chi connectivity index (χ0n) is 18.6. The lowest BCUT2D eigenvalue weighted by Crippen LogP contribution is -2.57. The average molecular weight is 498 g/mol. The molecule has 2 aliphatic heterocycles. The van der Waals surface area contributed by atoms with E-state index >= 15 is 0 Å². The van der Waals surface area contributed by atoms with Crippen LogP contribution >= 0.6 is 11.6 Å². The molecule has 2 atom stereocenters. The molecule has 2 saturated heterocycles. The molecule has 0 aliphatic carbocycles. The lowest BCUT2D eigenvalue weighted by atomic mass is 10.2. The predicted molar refractivity (Wildman–Crippen MR) is 124 cm³/mol. The maximum atomic E-state index is 13.1. The van der Waals surface area contributed by atoms with Crippen LogP contribution in [0.4, 0.5) is 5.69 Å². The summed E-state index contributed by atoms with van der Waals surface area (Å²) < 4.78 is 36.3. The first-order valence-corrected chi connectivity index (χ1v) is 12.6. The van der Waals surface area contributed by atoms with Gasteiger partial charge in [-0.25, -0.2) is 9.67 Å². The fraction of sp³-hybridized carbons (Fsp3) is 0.550. The molecule has 2 aliphatic rings. The van der Waals surface area contributed by atoms with Gasteiger partial charge in [-0.2, -0.15) is 22.1 Å². The second-order valence-electron chi connectivity index (χ2n) is 8.31. The highest BCUT2D eigenvalue weighted by molar-refractivity contribution is 7.86. The Labute approximate surface area is 198 Å². The standard InChI is InChI=1S/C20H28ClN7O4S/c1-15-10-27(11-16(2)32-15)33(30,31)26-7-5-25(6-8-26)12-20(29)24-18-9-17(21)3-4-19(18)28-14-22-13-23-28/h3-4,9,13-16H,5-8,10-12H2,1-2H3,(H,24,29). The molecule has 1 amide bonds. The minimum Gasteiger partial charge on any atom is -0.373 e. The molecule has 180 valence electrons. The molecule has 2 fully saturated rings. The maximum Gasteiger partial charge on any atom is 0.282 e. The molecule has 1 aromatic carbocycles. The smallest absolute Gasteiger partial charge is 0.282 e. The summed E-state index contributed by atoms with van der Waals surface area (Å²) >= 11 is 6.11. The number of nitrogens with one attached hydrogen (secondary N) is 1. The Kier molecular flexibility index (Phi) is 7.31. The van der Waals surface area contributed by atoms with Crippen LogP contribution in [0.3, 0.4) is 0 Å². The number of ether oxygens (including phenoxy) is 1. The fourth-order valence-corrected chi connectivity index (χ4v) is 6.05. The molecular formula is C20H28ClN7O4S. The van der Waals surface area contributed by atoms with Crippen molar-refractivity contribution in [1.82, 2.24) is 28.3 Å². The molecule has 3 heterocycles. The first kappa shape index (κ1) is 24.0. The van der Waals surface area contributed by atoms with Gasteiger partial charge in [-0.15, -0.1) is 0 Å². The van der Waals surface area contributed by atoms with Crippen LogP contribution in [0.2, 0.25) is 5.02 Å². The van der Waals surface area contributed by atoms with E-state index in [4.69, 9.17) is 16.3 Å². The van der Waals surface area contributed by atoms with Crippen LogP contribution in [-0.2, 0) is 19.7 Å². The van der Waals surface area contributed by atoms with E-state index < -0.39 is 10.2 Å². The second-order valence-corrected chi connectivity index (χ2v) is 10.7. The van der Waals surface area contributed by atoms with Crippen molar-refractivity contribution in [2.45, 2.75) is 26.1 Å². The summed E-state index contributed by atoms with van der Waals surface area (Å²) in [7, 11) is -3.56. The van der Waals surface area contributed by atoms with E-state index in [-0.39, 0.29) is 24.7 Å². The van der Waals surface area contributed by atoms with E-state index in [1.165, 1.54) is 21.3 Å². The molecule has 2 unspecified atom stereocenters. The quantitative estimate of drug-likeness (QED) is 0.629. The molecular weight excluding hydrogens is 470 g/mol. The average Bonchev–Trinajstić information content (AvgIpc) is 3.28. The van der Waals surface area contributed by atoms with Crippen LogP contribution in [0.25, 0.3) is 5.69 Å². The van der Waals surface area contributed by atoms with Gasteiger partial charge < -0.3 is 10.1 Å². The van der Waals surface area contributed by atoms with Crippen molar-refractivity contribution in [1.29, 1.82) is 0 Å². The van der Waals surface area contributed by atoms with E-state index in [1.807, 2.05) is 18.7 Å².